The molecule has 1 atom stereocenters. The molecule has 0 aliphatic heterocycles. The van der Waals surface area contributed by atoms with Gasteiger partial charge in [0.15, 0.2) is 0 Å². The van der Waals surface area contributed by atoms with Crippen molar-refractivity contribution in [1.82, 2.24) is 10.2 Å². The summed E-state index contributed by atoms with van der Waals surface area (Å²) < 4.78 is 41.2. The maximum atomic E-state index is 13.2. The SMILES string of the molecule is CN(C)C(CNC(=O)c1cccc(S(=O)(=O)Nc2ccccc2Cl)c1)c1ccc(F)cc1. The van der Waals surface area contributed by atoms with E-state index in [9.17, 15) is 17.6 Å². The van der Waals surface area contributed by atoms with Crippen molar-refractivity contribution in [2.45, 2.75) is 10.9 Å². The first-order chi connectivity index (χ1) is 15.2. The van der Waals surface area contributed by atoms with E-state index >= 15 is 0 Å². The molecule has 3 rings (SSSR count). The van der Waals surface area contributed by atoms with Crippen LogP contribution in [0.5, 0.6) is 0 Å². The first-order valence-corrected chi connectivity index (χ1v) is 11.6. The zero-order valence-corrected chi connectivity index (χ0v) is 19.1. The maximum absolute atomic E-state index is 13.2. The first-order valence-electron chi connectivity index (χ1n) is 9.75. The summed E-state index contributed by atoms with van der Waals surface area (Å²) in [6.45, 7) is 0.256. The largest absolute Gasteiger partial charge is 0.350 e. The van der Waals surface area contributed by atoms with Crippen molar-refractivity contribution in [3.8, 4) is 0 Å². The molecule has 0 aliphatic rings. The zero-order chi connectivity index (χ0) is 23.3. The van der Waals surface area contributed by atoms with Gasteiger partial charge in [0.25, 0.3) is 15.9 Å². The molecule has 0 saturated carbocycles. The summed E-state index contributed by atoms with van der Waals surface area (Å²) in [5.41, 5.74) is 1.29. The first kappa shape index (κ1) is 23.7. The lowest BCUT2D eigenvalue weighted by Crippen LogP contribution is -2.34. The number of hydrogen-bond donors (Lipinski definition) is 2. The molecule has 1 unspecified atom stereocenters. The molecule has 32 heavy (non-hydrogen) atoms. The van der Waals surface area contributed by atoms with Crippen molar-refractivity contribution in [2.24, 2.45) is 0 Å². The van der Waals surface area contributed by atoms with Gasteiger partial charge in [-0.15, -0.1) is 0 Å². The molecule has 0 aromatic heterocycles. The zero-order valence-electron chi connectivity index (χ0n) is 17.5. The number of sulfonamides is 1. The van der Waals surface area contributed by atoms with Crippen LogP contribution in [0.4, 0.5) is 10.1 Å². The van der Waals surface area contributed by atoms with Crippen molar-refractivity contribution in [2.75, 3.05) is 25.4 Å². The molecule has 0 heterocycles. The average molecular weight is 476 g/mol. The van der Waals surface area contributed by atoms with Gasteiger partial charge in [-0.3, -0.25) is 9.52 Å². The van der Waals surface area contributed by atoms with Gasteiger partial charge in [-0.25, -0.2) is 12.8 Å². The van der Waals surface area contributed by atoms with Crippen LogP contribution in [0.25, 0.3) is 0 Å². The molecular formula is C23H23ClFN3O3S. The number of carbonyl (C=O) groups is 1. The third kappa shape index (κ3) is 5.85. The van der Waals surface area contributed by atoms with Gasteiger partial charge >= 0.3 is 0 Å². The Bertz CT molecular complexity index is 1200. The fourth-order valence-electron chi connectivity index (χ4n) is 3.13. The standard InChI is InChI=1S/C23H23ClFN3O3S/c1-28(2)22(16-10-12-18(25)13-11-16)15-26-23(29)17-6-5-7-19(14-17)32(30,31)27-21-9-4-3-8-20(21)24/h3-14,22,27H,15H2,1-2H3,(H,26,29). The predicted octanol–water partition coefficient (Wildman–Crippen LogP) is 4.31. The number of hydrogen-bond acceptors (Lipinski definition) is 4. The summed E-state index contributed by atoms with van der Waals surface area (Å²) in [6, 6.07) is 18.1. The second-order valence-electron chi connectivity index (χ2n) is 7.35. The number of amides is 1. The van der Waals surface area contributed by atoms with Gasteiger partial charge in [-0.05, 0) is 62.1 Å². The lowest BCUT2D eigenvalue weighted by Gasteiger charge is -2.25. The van der Waals surface area contributed by atoms with E-state index in [4.69, 9.17) is 11.6 Å². The Labute approximate surface area is 192 Å². The van der Waals surface area contributed by atoms with Crippen LogP contribution in [0.15, 0.2) is 77.7 Å². The Kier molecular flexibility index (Phi) is 7.50. The van der Waals surface area contributed by atoms with Crippen molar-refractivity contribution in [1.29, 1.82) is 0 Å². The quantitative estimate of drug-likeness (QED) is 0.508. The minimum absolute atomic E-state index is 0.0623. The number of anilines is 1. The van der Waals surface area contributed by atoms with Crippen LogP contribution in [-0.2, 0) is 10.0 Å². The molecule has 0 bridgehead atoms. The summed E-state index contributed by atoms with van der Waals surface area (Å²) >= 11 is 6.04. The fraction of sp³-hybridized carbons (Fsp3) is 0.174. The number of nitrogens with one attached hydrogen (secondary N) is 2. The molecule has 9 heteroatoms. The van der Waals surface area contributed by atoms with Gasteiger partial charge in [0, 0.05) is 12.1 Å². The van der Waals surface area contributed by atoms with Crippen molar-refractivity contribution < 1.29 is 17.6 Å². The van der Waals surface area contributed by atoms with E-state index < -0.39 is 15.9 Å². The van der Waals surface area contributed by atoms with E-state index in [1.54, 1.807) is 36.4 Å². The summed E-state index contributed by atoms with van der Waals surface area (Å²) in [5, 5.41) is 3.08. The van der Waals surface area contributed by atoms with Crippen LogP contribution < -0.4 is 10.0 Å². The smallest absolute Gasteiger partial charge is 0.261 e. The summed E-state index contributed by atoms with van der Waals surface area (Å²) in [7, 11) is -0.232. The Hall–Kier alpha value is -2.94. The Morgan fingerprint density at radius 1 is 1.03 bits per heavy atom. The Balaban J connectivity index is 1.74. The normalized spacial score (nSPS) is 12.4. The van der Waals surface area contributed by atoms with Crippen LogP contribution in [0.1, 0.15) is 22.0 Å². The third-order valence-corrected chi connectivity index (χ3v) is 6.55. The highest BCUT2D eigenvalue weighted by atomic mass is 35.5. The van der Waals surface area contributed by atoms with Crippen molar-refractivity contribution >= 4 is 33.2 Å². The number of likely N-dealkylation sites (N-methyl/N-ethyl adjacent to an activating group) is 1. The highest BCUT2D eigenvalue weighted by Crippen LogP contribution is 2.24. The predicted molar refractivity (Wildman–Crippen MR) is 124 cm³/mol. The number of carbonyl (C=O) groups excluding carboxylic acids is 1. The average Bonchev–Trinajstić information content (AvgIpc) is 2.76. The highest BCUT2D eigenvalue weighted by molar-refractivity contribution is 7.92. The van der Waals surface area contributed by atoms with Crippen LogP contribution in [0.2, 0.25) is 5.02 Å². The van der Waals surface area contributed by atoms with Crippen LogP contribution in [0, 0.1) is 5.82 Å². The number of benzene rings is 3. The molecule has 1 amide bonds. The minimum atomic E-state index is -3.94. The number of halogens is 2. The van der Waals surface area contributed by atoms with Gasteiger partial charge < -0.3 is 10.2 Å². The van der Waals surface area contributed by atoms with E-state index in [-0.39, 0.29) is 39.6 Å². The molecule has 0 saturated heterocycles. The van der Waals surface area contributed by atoms with Gasteiger partial charge in [-0.2, -0.15) is 0 Å². The third-order valence-electron chi connectivity index (χ3n) is 4.86. The van der Waals surface area contributed by atoms with E-state index in [0.29, 0.717) is 0 Å². The lowest BCUT2D eigenvalue weighted by atomic mass is 10.1. The van der Waals surface area contributed by atoms with Crippen molar-refractivity contribution in [3.63, 3.8) is 0 Å². The topological polar surface area (TPSA) is 78.5 Å². The Morgan fingerprint density at radius 2 is 1.72 bits per heavy atom. The van der Waals surface area contributed by atoms with E-state index in [1.165, 1.54) is 36.4 Å². The van der Waals surface area contributed by atoms with E-state index in [1.807, 2.05) is 19.0 Å². The van der Waals surface area contributed by atoms with E-state index in [2.05, 4.69) is 10.0 Å². The lowest BCUT2D eigenvalue weighted by molar-refractivity contribution is 0.0941. The molecule has 6 nitrogen and oxygen atoms in total. The van der Waals surface area contributed by atoms with E-state index in [0.717, 1.165) is 5.56 Å². The molecule has 0 fully saturated rings. The van der Waals surface area contributed by atoms with Gasteiger partial charge in [0.05, 0.1) is 21.6 Å². The molecule has 0 spiro atoms. The van der Waals surface area contributed by atoms with Gasteiger partial charge in [-0.1, -0.05) is 41.9 Å². The van der Waals surface area contributed by atoms with Crippen LogP contribution in [-0.4, -0.2) is 39.9 Å². The fourth-order valence-corrected chi connectivity index (χ4v) is 4.49. The summed E-state index contributed by atoms with van der Waals surface area (Å²) in [6.07, 6.45) is 0. The molecule has 0 aliphatic carbocycles. The molecule has 3 aromatic carbocycles. The molecule has 0 radical (unpaired) electrons. The number of nitrogens with zero attached hydrogens (tertiary/aromatic N) is 1. The molecule has 168 valence electrons. The highest BCUT2D eigenvalue weighted by Gasteiger charge is 2.19. The van der Waals surface area contributed by atoms with Gasteiger partial charge in [0.2, 0.25) is 0 Å². The Morgan fingerprint density at radius 3 is 2.38 bits per heavy atom. The second kappa shape index (κ2) is 10.1. The molecule has 2 N–H and O–H groups in total. The van der Waals surface area contributed by atoms with Crippen LogP contribution in [0.3, 0.4) is 0 Å². The second-order valence-corrected chi connectivity index (χ2v) is 9.44. The monoisotopic (exact) mass is 475 g/mol. The number of rotatable bonds is 8. The van der Waals surface area contributed by atoms with Crippen molar-refractivity contribution in [3.05, 3.63) is 94.8 Å². The summed E-state index contributed by atoms with van der Waals surface area (Å²) in [5.74, 6) is -0.757. The molecular weight excluding hydrogens is 453 g/mol. The molecule has 3 aromatic rings. The maximum Gasteiger partial charge on any atom is 0.261 e. The van der Waals surface area contributed by atoms with Gasteiger partial charge in [0.1, 0.15) is 5.82 Å². The number of para-hydroxylation sites is 1. The summed E-state index contributed by atoms with van der Waals surface area (Å²) in [4.78, 5) is 14.6. The van der Waals surface area contributed by atoms with Crippen LogP contribution >= 0.6 is 11.6 Å². The minimum Gasteiger partial charge on any atom is -0.350 e.